The lowest BCUT2D eigenvalue weighted by molar-refractivity contribution is 0.399. The molecule has 0 unspecified atom stereocenters. The lowest BCUT2D eigenvalue weighted by Crippen LogP contribution is -2.08. The molecule has 0 spiro atoms. The van der Waals surface area contributed by atoms with E-state index in [0.29, 0.717) is 34.5 Å². The highest BCUT2D eigenvalue weighted by atomic mass is 16.5. The summed E-state index contributed by atoms with van der Waals surface area (Å²) in [5.41, 5.74) is 4.02. The van der Waals surface area contributed by atoms with E-state index in [4.69, 9.17) is 13.7 Å². The van der Waals surface area contributed by atoms with Gasteiger partial charge in [0.2, 0.25) is 0 Å². The third-order valence-electron chi connectivity index (χ3n) is 4.48. The summed E-state index contributed by atoms with van der Waals surface area (Å²) in [6.45, 7) is 1.82. The zero-order valence-electron chi connectivity index (χ0n) is 16.1. The van der Waals surface area contributed by atoms with Crippen molar-refractivity contribution in [3.63, 3.8) is 0 Å². The number of rotatable bonds is 5. The van der Waals surface area contributed by atoms with Crippen LogP contribution in [-0.4, -0.2) is 36.6 Å². The monoisotopic (exact) mass is 376 g/mol. The molecule has 142 valence electrons. The predicted molar refractivity (Wildman–Crippen MR) is 106 cm³/mol. The molecule has 0 atom stereocenters. The molecule has 0 bridgehead atoms. The Hall–Kier alpha value is -3.61. The van der Waals surface area contributed by atoms with E-state index in [2.05, 4.69) is 15.4 Å². The highest BCUT2D eigenvalue weighted by Crippen LogP contribution is 2.37. The quantitative estimate of drug-likeness (QED) is 0.509. The molecule has 4 aromatic rings. The highest BCUT2D eigenvalue weighted by Gasteiger charge is 2.23. The molecule has 0 saturated heterocycles. The van der Waals surface area contributed by atoms with Crippen LogP contribution in [0.3, 0.4) is 0 Å². The van der Waals surface area contributed by atoms with Crippen LogP contribution in [0.5, 0.6) is 5.75 Å². The van der Waals surface area contributed by atoms with Crippen molar-refractivity contribution in [2.24, 2.45) is 0 Å². The Bertz CT molecular complexity index is 1100. The largest absolute Gasteiger partial charge is 0.496 e. The topological polar surface area (TPSA) is 77.4 Å². The summed E-state index contributed by atoms with van der Waals surface area (Å²) >= 11 is 0. The van der Waals surface area contributed by atoms with Gasteiger partial charge in [-0.3, -0.25) is 0 Å². The number of methoxy groups -OCH3 is 1. The van der Waals surface area contributed by atoms with E-state index >= 15 is 0 Å². The van der Waals surface area contributed by atoms with Crippen molar-refractivity contribution in [2.75, 3.05) is 26.1 Å². The van der Waals surface area contributed by atoms with Gasteiger partial charge in [-0.2, -0.15) is 0 Å². The molecule has 0 radical (unpaired) electrons. The van der Waals surface area contributed by atoms with Gasteiger partial charge in [-0.25, -0.2) is 0 Å². The maximum absolute atomic E-state index is 5.98. The lowest BCUT2D eigenvalue weighted by atomic mass is 10.1. The average molecular weight is 376 g/mol. The first-order chi connectivity index (χ1) is 13.6. The van der Waals surface area contributed by atoms with Gasteiger partial charge in [-0.05, 0) is 19.1 Å². The van der Waals surface area contributed by atoms with Crippen molar-refractivity contribution in [2.45, 2.75) is 6.92 Å². The summed E-state index contributed by atoms with van der Waals surface area (Å²) in [5, 5.41) is 12.6. The summed E-state index contributed by atoms with van der Waals surface area (Å²) < 4.78 is 16.9. The Balaban J connectivity index is 1.77. The minimum absolute atomic E-state index is 0.353. The Morgan fingerprint density at radius 2 is 1.71 bits per heavy atom. The number of aromatic nitrogens is 3. The van der Waals surface area contributed by atoms with Gasteiger partial charge in [0.1, 0.15) is 22.8 Å². The summed E-state index contributed by atoms with van der Waals surface area (Å²) in [7, 11) is 5.56. The standard InChI is InChI=1S/C21H20N4O3/c1-13-18(19(24-28-13)14-8-6-5-7-9-14)21-23-22-20(27-21)16-11-10-15(25(2)3)12-17(16)26-4/h5-12H,1-4H3. The molecule has 2 aromatic carbocycles. The average Bonchev–Trinajstić information content (AvgIpc) is 3.34. The predicted octanol–water partition coefficient (Wildman–Crippen LogP) is 4.44. The van der Waals surface area contributed by atoms with Crippen molar-refractivity contribution >= 4 is 5.69 Å². The van der Waals surface area contributed by atoms with E-state index in [0.717, 1.165) is 16.8 Å². The van der Waals surface area contributed by atoms with Crippen LogP contribution in [0.25, 0.3) is 34.2 Å². The van der Waals surface area contributed by atoms with E-state index in [1.54, 1.807) is 7.11 Å². The highest BCUT2D eigenvalue weighted by molar-refractivity contribution is 5.78. The smallest absolute Gasteiger partial charge is 0.254 e. The minimum atomic E-state index is 0.353. The summed E-state index contributed by atoms with van der Waals surface area (Å²) in [6.07, 6.45) is 0. The Kier molecular flexibility index (Phi) is 4.57. The molecule has 2 heterocycles. The molecule has 0 amide bonds. The number of ether oxygens (including phenoxy) is 1. The number of anilines is 1. The zero-order valence-corrected chi connectivity index (χ0v) is 16.1. The fraction of sp³-hybridized carbons (Fsp3) is 0.190. The summed E-state index contributed by atoms with van der Waals surface area (Å²) in [4.78, 5) is 2.00. The van der Waals surface area contributed by atoms with Gasteiger partial charge >= 0.3 is 0 Å². The first kappa shape index (κ1) is 17.8. The molecular weight excluding hydrogens is 356 g/mol. The number of aryl methyl sites for hydroxylation is 1. The Labute approximate surface area is 162 Å². The van der Waals surface area contributed by atoms with Crippen LogP contribution in [0.4, 0.5) is 5.69 Å². The number of nitrogens with zero attached hydrogens (tertiary/aromatic N) is 4. The van der Waals surface area contributed by atoms with Gasteiger partial charge in [0.25, 0.3) is 11.8 Å². The third kappa shape index (κ3) is 3.11. The fourth-order valence-corrected chi connectivity index (χ4v) is 2.98. The van der Waals surface area contributed by atoms with Crippen molar-refractivity contribution in [1.82, 2.24) is 15.4 Å². The SMILES string of the molecule is COc1cc(N(C)C)ccc1-c1nnc(-c2c(-c3ccccc3)noc2C)o1. The molecule has 2 aromatic heterocycles. The van der Waals surface area contributed by atoms with E-state index in [1.807, 2.05) is 74.4 Å². The molecule has 0 fully saturated rings. The summed E-state index contributed by atoms with van der Waals surface area (Å²) in [6, 6.07) is 15.6. The number of hydrogen-bond donors (Lipinski definition) is 0. The molecule has 7 heteroatoms. The molecule has 0 aliphatic heterocycles. The maximum atomic E-state index is 5.98. The van der Waals surface area contributed by atoms with Gasteiger partial charge in [0.15, 0.2) is 0 Å². The van der Waals surface area contributed by atoms with Gasteiger partial charge in [-0.1, -0.05) is 35.5 Å². The van der Waals surface area contributed by atoms with Crippen LogP contribution >= 0.6 is 0 Å². The molecule has 7 nitrogen and oxygen atoms in total. The molecule has 0 aliphatic carbocycles. The Morgan fingerprint density at radius 1 is 0.964 bits per heavy atom. The molecule has 0 N–H and O–H groups in total. The molecule has 0 aliphatic rings. The van der Waals surface area contributed by atoms with Crippen LogP contribution in [0.2, 0.25) is 0 Å². The van der Waals surface area contributed by atoms with Crippen LogP contribution < -0.4 is 9.64 Å². The second-order valence-electron chi connectivity index (χ2n) is 6.52. The van der Waals surface area contributed by atoms with Crippen molar-refractivity contribution in [1.29, 1.82) is 0 Å². The zero-order chi connectivity index (χ0) is 19.7. The maximum Gasteiger partial charge on any atom is 0.254 e. The van der Waals surface area contributed by atoms with Crippen molar-refractivity contribution in [3.8, 4) is 39.9 Å². The lowest BCUT2D eigenvalue weighted by Gasteiger charge is -2.14. The van der Waals surface area contributed by atoms with E-state index in [-0.39, 0.29) is 0 Å². The van der Waals surface area contributed by atoms with E-state index in [1.165, 1.54) is 0 Å². The first-order valence-electron chi connectivity index (χ1n) is 8.79. The van der Waals surface area contributed by atoms with Crippen LogP contribution in [-0.2, 0) is 0 Å². The van der Waals surface area contributed by atoms with Gasteiger partial charge < -0.3 is 18.6 Å². The van der Waals surface area contributed by atoms with Gasteiger partial charge in [0.05, 0.1) is 12.7 Å². The Morgan fingerprint density at radius 3 is 2.43 bits per heavy atom. The first-order valence-corrected chi connectivity index (χ1v) is 8.79. The fourth-order valence-electron chi connectivity index (χ4n) is 2.98. The van der Waals surface area contributed by atoms with Crippen molar-refractivity contribution < 1.29 is 13.7 Å². The molecule has 4 rings (SSSR count). The van der Waals surface area contributed by atoms with Gasteiger partial charge in [-0.15, -0.1) is 10.2 Å². The normalized spacial score (nSPS) is 10.9. The second kappa shape index (κ2) is 7.19. The van der Waals surface area contributed by atoms with Crippen LogP contribution in [0, 0.1) is 6.92 Å². The number of benzene rings is 2. The molecule has 0 saturated carbocycles. The second-order valence-corrected chi connectivity index (χ2v) is 6.52. The molecule has 28 heavy (non-hydrogen) atoms. The van der Waals surface area contributed by atoms with E-state index in [9.17, 15) is 0 Å². The van der Waals surface area contributed by atoms with Crippen LogP contribution in [0.1, 0.15) is 5.76 Å². The molecular formula is C21H20N4O3. The van der Waals surface area contributed by atoms with E-state index < -0.39 is 0 Å². The minimum Gasteiger partial charge on any atom is -0.496 e. The van der Waals surface area contributed by atoms with Crippen molar-refractivity contribution in [3.05, 3.63) is 54.3 Å². The number of hydrogen-bond acceptors (Lipinski definition) is 7. The third-order valence-corrected chi connectivity index (χ3v) is 4.48. The summed E-state index contributed by atoms with van der Waals surface area (Å²) in [5.74, 6) is 2.00. The van der Waals surface area contributed by atoms with Gasteiger partial charge in [0, 0.05) is 31.4 Å². The van der Waals surface area contributed by atoms with Crippen LogP contribution in [0.15, 0.2) is 57.5 Å².